The second kappa shape index (κ2) is 6.39. The predicted molar refractivity (Wildman–Crippen MR) is 81.5 cm³/mol. The molecule has 1 aromatic carbocycles. The first-order chi connectivity index (χ1) is 10.3. The van der Waals surface area contributed by atoms with Crippen LogP contribution in [0.1, 0.15) is 58.4 Å². The molecule has 0 spiro atoms. The SMILES string of the molecule is O=C1NC(=O)c2c(CCCCN3CCCCC3)cccc21. The van der Waals surface area contributed by atoms with Crippen LogP contribution in [0.5, 0.6) is 0 Å². The lowest BCUT2D eigenvalue weighted by molar-refractivity contribution is 0.0879. The van der Waals surface area contributed by atoms with Crippen molar-refractivity contribution in [2.75, 3.05) is 19.6 Å². The summed E-state index contributed by atoms with van der Waals surface area (Å²) in [7, 11) is 0. The quantitative estimate of drug-likeness (QED) is 0.668. The number of benzene rings is 1. The van der Waals surface area contributed by atoms with Gasteiger partial charge in [0.1, 0.15) is 0 Å². The minimum absolute atomic E-state index is 0.235. The molecule has 1 saturated heterocycles. The standard InChI is InChI=1S/C17H22N2O2/c20-16-14-9-6-8-13(15(14)17(21)18-16)7-2-5-12-19-10-3-1-4-11-19/h6,8-9H,1-5,7,10-12H2,(H,18,20,21). The van der Waals surface area contributed by atoms with Gasteiger partial charge in [0.05, 0.1) is 11.1 Å². The summed E-state index contributed by atoms with van der Waals surface area (Å²) in [6.07, 6.45) is 7.12. The fourth-order valence-corrected chi connectivity index (χ4v) is 3.33. The van der Waals surface area contributed by atoms with Gasteiger partial charge in [-0.1, -0.05) is 18.6 Å². The van der Waals surface area contributed by atoms with Gasteiger partial charge in [-0.3, -0.25) is 14.9 Å². The van der Waals surface area contributed by atoms with E-state index in [0.29, 0.717) is 11.1 Å². The molecule has 0 aliphatic carbocycles. The van der Waals surface area contributed by atoms with Gasteiger partial charge in [0.25, 0.3) is 11.8 Å². The van der Waals surface area contributed by atoms with Crippen LogP contribution in [0.3, 0.4) is 0 Å². The molecule has 112 valence electrons. The van der Waals surface area contributed by atoms with E-state index in [0.717, 1.165) is 31.4 Å². The third-order valence-electron chi connectivity index (χ3n) is 4.47. The number of unbranched alkanes of at least 4 members (excludes halogenated alkanes) is 1. The van der Waals surface area contributed by atoms with Crippen LogP contribution in [-0.2, 0) is 6.42 Å². The number of nitrogens with one attached hydrogen (secondary N) is 1. The molecule has 0 atom stereocenters. The van der Waals surface area contributed by atoms with Crippen LogP contribution >= 0.6 is 0 Å². The van der Waals surface area contributed by atoms with Crippen LogP contribution in [0.15, 0.2) is 18.2 Å². The number of nitrogens with zero attached hydrogens (tertiary/aromatic N) is 1. The van der Waals surface area contributed by atoms with Crippen molar-refractivity contribution in [2.24, 2.45) is 0 Å². The predicted octanol–water partition coefficient (Wildman–Crippen LogP) is 2.38. The molecule has 4 heteroatoms. The minimum Gasteiger partial charge on any atom is -0.303 e. The van der Waals surface area contributed by atoms with E-state index >= 15 is 0 Å². The number of hydrogen-bond acceptors (Lipinski definition) is 3. The van der Waals surface area contributed by atoms with Gasteiger partial charge in [0, 0.05) is 0 Å². The molecular formula is C17H22N2O2. The van der Waals surface area contributed by atoms with E-state index < -0.39 is 0 Å². The highest BCUT2D eigenvalue weighted by atomic mass is 16.2. The topological polar surface area (TPSA) is 49.4 Å². The number of rotatable bonds is 5. The lowest BCUT2D eigenvalue weighted by atomic mass is 9.98. The molecule has 3 rings (SSSR count). The van der Waals surface area contributed by atoms with E-state index in [-0.39, 0.29) is 11.8 Å². The summed E-state index contributed by atoms with van der Waals surface area (Å²) in [5.74, 6) is -0.494. The van der Waals surface area contributed by atoms with Crippen molar-refractivity contribution in [3.05, 3.63) is 34.9 Å². The zero-order valence-electron chi connectivity index (χ0n) is 12.4. The first-order valence-electron chi connectivity index (χ1n) is 7.95. The first kappa shape index (κ1) is 14.3. The highest BCUT2D eigenvalue weighted by Crippen LogP contribution is 2.21. The summed E-state index contributed by atoms with van der Waals surface area (Å²) < 4.78 is 0. The summed E-state index contributed by atoms with van der Waals surface area (Å²) in [5.41, 5.74) is 2.14. The van der Waals surface area contributed by atoms with Crippen LogP contribution in [0.2, 0.25) is 0 Å². The van der Waals surface area contributed by atoms with E-state index in [1.165, 1.54) is 32.4 Å². The van der Waals surface area contributed by atoms with Gasteiger partial charge >= 0.3 is 0 Å². The molecule has 1 N–H and O–H groups in total. The average molecular weight is 286 g/mol. The average Bonchev–Trinajstić information content (AvgIpc) is 2.80. The number of hydrogen-bond donors (Lipinski definition) is 1. The molecule has 4 nitrogen and oxygen atoms in total. The molecule has 2 aliphatic heterocycles. The Labute approximate surface area is 125 Å². The normalized spacial score (nSPS) is 18.7. The Balaban J connectivity index is 1.54. The Bertz CT molecular complexity index is 548. The molecule has 0 aromatic heterocycles. The maximum Gasteiger partial charge on any atom is 0.259 e. The Morgan fingerprint density at radius 1 is 1.00 bits per heavy atom. The third kappa shape index (κ3) is 3.16. The first-order valence-corrected chi connectivity index (χ1v) is 7.95. The van der Waals surface area contributed by atoms with E-state index in [1.54, 1.807) is 6.07 Å². The van der Waals surface area contributed by atoms with Crippen LogP contribution in [0, 0.1) is 0 Å². The second-order valence-electron chi connectivity index (χ2n) is 5.98. The number of carbonyl (C=O) groups excluding carboxylic acids is 2. The van der Waals surface area contributed by atoms with Crippen molar-refractivity contribution in [2.45, 2.75) is 38.5 Å². The lowest BCUT2D eigenvalue weighted by Crippen LogP contribution is -2.30. The van der Waals surface area contributed by atoms with Gasteiger partial charge in [-0.2, -0.15) is 0 Å². The van der Waals surface area contributed by atoms with Gasteiger partial charge in [0.15, 0.2) is 0 Å². The van der Waals surface area contributed by atoms with Gasteiger partial charge in [-0.15, -0.1) is 0 Å². The number of amides is 2. The van der Waals surface area contributed by atoms with Crippen LogP contribution < -0.4 is 5.32 Å². The number of aryl methyl sites for hydroxylation is 1. The summed E-state index contributed by atoms with van der Waals surface area (Å²) >= 11 is 0. The maximum atomic E-state index is 11.8. The zero-order valence-corrected chi connectivity index (χ0v) is 12.4. The molecular weight excluding hydrogens is 264 g/mol. The number of imide groups is 1. The fourth-order valence-electron chi connectivity index (χ4n) is 3.33. The van der Waals surface area contributed by atoms with Gasteiger partial charge in [-0.05, 0) is 63.4 Å². The van der Waals surface area contributed by atoms with Crippen molar-refractivity contribution < 1.29 is 9.59 Å². The monoisotopic (exact) mass is 286 g/mol. The zero-order chi connectivity index (χ0) is 14.7. The van der Waals surface area contributed by atoms with E-state index in [9.17, 15) is 9.59 Å². The van der Waals surface area contributed by atoms with Crippen LogP contribution in [0.4, 0.5) is 0 Å². The smallest absolute Gasteiger partial charge is 0.259 e. The number of likely N-dealkylation sites (tertiary alicyclic amines) is 1. The molecule has 21 heavy (non-hydrogen) atoms. The highest BCUT2D eigenvalue weighted by Gasteiger charge is 2.28. The number of fused-ring (bicyclic) bond motifs is 1. The maximum absolute atomic E-state index is 11.8. The number of carbonyl (C=O) groups is 2. The molecule has 0 unspecified atom stereocenters. The molecule has 1 aromatic rings. The second-order valence-corrected chi connectivity index (χ2v) is 5.98. The Morgan fingerprint density at radius 2 is 1.81 bits per heavy atom. The van der Waals surface area contributed by atoms with Crippen LogP contribution in [-0.4, -0.2) is 36.3 Å². The summed E-state index contributed by atoms with van der Waals surface area (Å²) in [6.45, 7) is 3.62. The van der Waals surface area contributed by atoms with E-state index in [2.05, 4.69) is 10.2 Å². The molecule has 2 heterocycles. The Morgan fingerprint density at radius 3 is 2.62 bits per heavy atom. The molecule has 2 amide bonds. The summed E-state index contributed by atoms with van der Waals surface area (Å²) in [5, 5.41) is 2.38. The van der Waals surface area contributed by atoms with Crippen molar-refractivity contribution in [3.63, 3.8) is 0 Å². The molecule has 0 saturated carbocycles. The van der Waals surface area contributed by atoms with Crippen molar-refractivity contribution in [1.29, 1.82) is 0 Å². The van der Waals surface area contributed by atoms with Crippen molar-refractivity contribution >= 4 is 11.8 Å². The van der Waals surface area contributed by atoms with Gasteiger partial charge < -0.3 is 4.90 Å². The van der Waals surface area contributed by atoms with Crippen molar-refractivity contribution in [3.8, 4) is 0 Å². The number of piperidine rings is 1. The molecule has 0 radical (unpaired) electrons. The third-order valence-corrected chi connectivity index (χ3v) is 4.47. The fraction of sp³-hybridized carbons (Fsp3) is 0.529. The minimum atomic E-state index is -0.259. The highest BCUT2D eigenvalue weighted by molar-refractivity contribution is 6.22. The Kier molecular flexibility index (Phi) is 4.34. The molecule has 1 fully saturated rings. The summed E-state index contributed by atoms with van der Waals surface area (Å²) in [6, 6.07) is 5.57. The largest absolute Gasteiger partial charge is 0.303 e. The van der Waals surface area contributed by atoms with E-state index in [1.807, 2.05) is 12.1 Å². The molecule has 0 bridgehead atoms. The summed E-state index contributed by atoms with van der Waals surface area (Å²) in [4.78, 5) is 26.0. The lowest BCUT2D eigenvalue weighted by Gasteiger charge is -2.26. The molecule has 2 aliphatic rings. The van der Waals surface area contributed by atoms with E-state index in [4.69, 9.17) is 0 Å². The Hall–Kier alpha value is -1.68. The van der Waals surface area contributed by atoms with Crippen molar-refractivity contribution in [1.82, 2.24) is 10.2 Å². The van der Waals surface area contributed by atoms with Gasteiger partial charge in [-0.25, -0.2) is 0 Å². The van der Waals surface area contributed by atoms with Crippen LogP contribution in [0.25, 0.3) is 0 Å². The van der Waals surface area contributed by atoms with Gasteiger partial charge in [0.2, 0.25) is 0 Å².